The Morgan fingerprint density at radius 1 is 1.50 bits per heavy atom. The summed E-state index contributed by atoms with van der Waals surface area (Å²) < 4.78 is 0. The zero-order chi connectivity index (χ0) is 7.98. The van der Waals surface area contributed by atoms with Crippen LogP contribution in [0.1, 0.15) is 26.7 Å². The molecule has 0 bridgehead atoms. The summed E-state index contributed by atoms with van der Waals surface area (Å²) in [5, 5.41) is 0. The van der Waals surface area contributed by atoms with Crippen LogP contribution in [0.25, 0.3) is 0 Å². The van der Waals surface area contributed by atoms with Gasteiger partial charge in [-0.05, 0) is 30.8 Å². The third-order valence-corrected chi connectivity index (χ3v) is 3.98. The van der Waals surface area contributed by atoms with Crippen LogP contribution in [-0.2, 0) is 0 Å². The van der Waals surface area contributed by atoms with Crippen molar-refractivity contribution in [1.82, 2.24) is 0 Å². The second-order valence-corrected chi connectivity index (χ2v) is 4.84. The van der Waals surface area contributed by atoms with E-state index < -0.39 is 0 Å². The Hall–Kier alpha value is 0.830. The molecule has 0 aromatic heterocycles. The number of thioether (sulfide) groups is 1. The van der Waals surface area contributed by atoms with Crippen LogP contribution in [0.3, 0.4) is 0 Å². The molecule has 0 spiro atoms. The molecule has 0 aliphatic carbocycles. The summed E-state index contributed by atoms with van der Waals surface area (Å²) in [6.07, 6.45) is 4.75. The highest BCUT2D eigenvalue weighted by atomic mass is 79.9. The zero-order valence-corrected chi connectivity index (χ0v) is 9.46. The molecule has 0 nitrogen and oxygen atoms in total. The molecule has 62 valence electrons. The van der Waals surface area contributed by atoms with E-state index in [9.17, 15) is 0 Å². The SMILES string of the molecule is CCC(Br)C(C)CCSC. The molecule has 0 rings (SSSR count). The summed E-state index contributed by atoms with van der Waals surface area (Å²) in [5.41, 5.74) is 0. The Kier molecular flexibility index (Phi) is 7.08. The Balaban J connectivity index is 3.31. The molecule has 10 heavy (non-hydrogen) atoms. The van der Waals surface area contributed by atoms with Crippen molar-refractivity contribution in [3.05, 3.63) is 0 Å². The first-order valence-corrected chi connectivity index (χ1v) is 6.16. The summed E-state index contributed by atoms with van der Waals surface area (Å²) in [7, 11) is 0. The molecule has 0 saturated carbocycles. The van der Waals surface area contributed by atoms with Gasteiger partial charge < -0.3 is 0 Å². The van der Waals surface area contributed by atoms with Gasteiger partial charge in [-0.25, -0.2) is 0 Å². The van der Waals surface area contributed by atoms with Gasteiger partial charge in [0, 0.05) is 4.83 Å². The lowest BCUT2D eigenvalue weighted by Crippen LogP contribution is -2.10. The van der Waals surface area contributed by atoms with E-state index in [1.165, 1.54) is 18.6 Å². The van der Waals surface area contributed by atoms with E-state index in [1.807, 2.05) is 11.8 Å². The van der Waals surface area contributed by atoms with E-state index >= 15 is 0 Å². The maximum absolute atomic E-state index is 3.66. The van der Waals surface area contributed by atoms with Crippen LogP contribution in [-0.4, -0.2) is 16.8 Å². The first kappa shape index (κ1) is 10.8. The van der Waals surface area contributed by atoms with Crippen LogP contribution < -0.4 is 0 Å². The second-order valence-electron chi connectivity index (χ2n) is 2.68. The molecule has 0 saturated heterocycles. The fourth-order valence-corrected chi connectivity index (χ4v) is 1.76. The molecule has 0 fully saturated rings. The normalized spacial score (nSPS) is 16.8. The number of halogens is 1. The van der Waals surface area contributed by atoms with Gasteiger partial charge in [-0.15, -0.1) is 0 Å². The van der Waals surface area contributed by atoms with E-state index in [-0.39, 0.29) is 0 Å². The molecular weight excluding hydrogens is 208 g/mol. The van der Waals surface area contributed by atoms with Gasteiger partial charge in [-0.1, -0.05) is 29.8 Å². The molecule has 0 amide bonds. The summed E-state index contributed by atoms with van der Waals surface area (Å²) >= 11 is 5.60. The maximum Gasteiger partial charge on any atom is 0.0169 e. The number of hydrogen-bond donors (Lipinski definition) is 0. The van der Waals surface area contributed by atoms with E-state index in [0.717, 1.165) is 10.7 Å². The van der Waals surface area contributed by atoms with Crippen molar-refractivity contribution in [2.75, 3.05) is 12.0 Å². The van der Waals surface area contributed by atoms with Gasteiger partial charge in [-0.3, -0.25) is 0 Å². The van der Waals surface area contributed by atoms with Crippen molar-refractivity contribution in [2.24, 2.45) is 5.92 Å². The summed E-state index contributed by atoms with van der Waals surface area (Å²) in [6, 6.07) is 0. The van der Waals surface area contributed by atoms with Crippen LogP contribution in [0.5, 0.6) is 0 Å². The van der Waals surface area contributed by atoms with Crippen LogP contribution in [0.4, 0.5) is 0 Å². The Bertz CT molecular complexity index is 75.7. The van der Waals surface area contributed by atoms with Crippen molar-refractivity contribution in [3.8, 4) is 0 Å². The summed E-state index contributed by atoms with van der Waals surface area (Å²) in [6.45, 7) is 4.55. The highest BCUT2D eigenvalue weighted by Crippen LogP contribution is 2.20. The van der Waals surface area contributed by atoms with E-state index in [0.29, 0.717) is 0 Å². The van der Waals surface area contributed by atoms with Crippen molar-refractivity contribution >= 4 is 27.7 Å². The molecule has 0 aromatic carbocycles. The topological polar surface area (TPSA) is 0 Å². The highest BCUT2D eigenvalue weighted by molar-refractivity contribution is 9.09. The van der Waals surface area contributed by atoms with Crippen LogP contribution in [0, 0.1) is 5.92 Å². The average Bonchev–Trinajstić information content (AvgIpc) is 1.98. The number of rotatable bonds is 5. The van der Waals surface area contributed by atoms with Crippen LogP contribution in [0.2, 0.25) is 0 Å². The standard InChI is InChI=1S/C8H17BrS/c1-4-8(9)7(2)5-6-10-3/h7-8H,4-6H2,1-3H3. The fourth-order valence-electron chi connectivity index (χ4n) is 0.887. The first-order valence-electron chi connectivity index (χ1n) is 3.85. The average molecular weight is 225 g/mol. The summed E-state index contributed by atoms with van der Waals surface area (Å²) in [4.78, 5) is 0.722. The van der Waals surface area contributed by atoms with Crippen molar-refractivity contribution in [2.45, 2.75) is 31.5 Å². The lowest BCUT2D eigenvalue weighted by Gasteiger charge is -2.15. The Morgan fingerprint density at radius 2 is 2.10 bits per heavy atom. The van der Waals surface area contributed by atoms with Crippen molar-refractivity contribution in [3.63, 3.8) is 0 Å². The second kappa shape index (κ2) is 6.53. The van der Waals surface area contributed by atoms with Crippen molar-refractivity contribution < 1.29 is 0 Å². The monoisotopic (exact) mass is 224 g/mol. The molecule has 0 aliphatic rings. The fraction of sp³-hybridized carbons (Fsp3) is 1.00. The van der Waals surface area contributed by atoms with Gasteiger partial charge in [0.1, 0.15) is 0 Å². The van der Waals surface area contributed by atoms with Gasteiger partial charge in [0.25, 0.3) is 0 Å². The minimum atomic E-state index is 0.722. The molecule has 0 N–H and O–H groups in total. The molecule has 2 unspecified atom stereocenters. The highest BCUT2D eigenvalue weighted by Gasteiger charge is 2.10. The predicted octanol–water partition coefficient (Wildman–Crippen LogP) is 3.55. The Morgan fingerprint density at radius 3 is 2.50 bits per heavy atom. The largest absolute Gasteiger partial charge is 0.165 e. The van der Waals surface area contributed by atoms with Gasteiger partial charge in [0.15, 0.2) is 0 Å². The number of hydrogen-bond acceptors (Lipinski definition) is 1. The first-order chi connectivity index (χ1) is 4.72. The minimum Gasteiger partial charge on any atom is -0.165 e. The minimum absolute atomic E-state index is 0.722. The maximum atomic E-state index is 3.66. The predicted molar refractivity (Wildman–Crippen MR) is 55.2 cm³/mol. The molecule has 2 atom stereocenters. The lowest BCUT2D eigenvalue weighted by atomic mass is 10.0. The molecule has 0 radical (unpaired) electrons. The zero-order valence-electron chi connectivity index (χ0n) is 7.06. The van der Waals surface area contributed by atoms with Crippen LogP contribution in [0.15, 0.2) is 0 Å². The third kappa shape index (κ3) is 4.62. The van der Waals surface area contributed by atoms with Gasteiger partial charge in [0.05, 0.1) is 0 Å². The Labute approximate surface area is 77.3 Å². The lowest BCUT2D eigenvalue weighted by molar-refractivity contribution is 0.535. The molecular formula is C8H17BrS. The van der Waals surface area contributed by atoms with Gasteiger partial charge in [0.2, 0.25) is 0 Å². The smallest absolute Gasteiger partial charge is 0.0169 e. The van der Waals surface area contributed by atoms with Crippen LogP contribution >= 0.6 is 27.7 Å². The molecule has 0 aromatic rings. The number of alkyl halides is 1. The molecule has 0 heterocycles. The van der Waals surface area contributed by atoms with E-state index in [2.05, 4.69) is 36.0 Å². The van der Waals surface area contributed by atoms with Crippen molar-refractivity contribution in [1.29, 1.82) is 0 Å². The van der Waals surface area contributed by atoms with Gasteiger partial charge in [-0.2, -0.15) is 11.8 Å². The van der Waals surface area contributed by atoms with E-state index in [4.69, 9.17) is 0 Å². The molecule has 2 heteroatoms. The quantitative estimate of drug-likeness (QED) is 0.645. The molecule has 0 aliphatic heterocycles. The van der Waals surface area contributed by atoms with E-state index in [1.54, 1.807) is 0 Å². The third-order valence-electron chi connectivity index (χ3n) is 1.78. The summed E-state index contributed by atoms with van der Waals surface area (Å²) in [5.74, 6) is 2.13. The van der Waals surface area contributed by atoms with Gasteiger partial charge >= 0.3 is 0 Å².